The molecular formula is C27H19BrN2. The highest BCUT2D eigenvalue weighted by Gasteiger charge is 2.13. The lowest BCUT2D eigenvalue weighted by molar-refractivity contribution is 1.29. The molecule has 0 radical (unpaired) electrons. The van der Waals surface area contributed by atoms with Crippen LogP contribution in [0.1, 0.15) is 5.56 Å². The Labute approximate surface area is 184 Å². The van der Waals surface area contributed by atoms with Gasteiger partial charge in [0.1, 0.15) is 0 Å². The highest BCUT2D eigenvalue weighted by atomic mass is 79.9. The third-order valence-corrected chi connectivity index (χ3v) is 5.75. The van der Waals surface area contributed by atoms with Gasteiger partial charge < -0.3 is 0 Å². The number of aryl methyl sites for hydroxylation is 1. The van der Waals surface area contributed by atoms with Gasteiger partial charge >= 0.3 is 0 Å². The molecule has 4 aromatic carbocycles. The fourth-order valence-electron chi connectivity index (χ4n) is 3.91. The molecule has 0 fully saturated rings. The second-order valence-electron chi connectivity index (χ2n) is 7.38. The van der Waals surface area contributed by atoms with E-state index >= 15 is 0 Å². The number of aromatic nitrogens is 2. The van der Waals surface area contributed by atoms with Gasteiger partial charge in [-0.05, 0) is 52.9 Å². The van der Waals surface area contributed by atoms with Crippen LogP contribution in [-0.4, -0.2) is 9.97 Å². The molecule has 0 N–H and O–H groups in total. The largest absolute Gasteiger partial charge is 0.252 e. The van der Waals surface area contributed by atoms with E-state index in [1.807, 2.05) is 18.2 Å². The molecule has 0 amide bonds. The van der Waals surface area contributed by atoms with Crippen LogP contribution in [0.3, 0.4) is 0 Å². The van der Waals surface area contributed by atoms with Crippen LogP contribution >= 0.6 is 15.9 Å². The average molecular weight is 451 g/mol. The summed E-state index contributed by atoms with van der Waals surface area (Å²) in [6.45, 7) is 2.14. The summed E-state index contributed by atoms with van der Waals surface area (Å²) in [5.74, 6) is 0. The predicted molar refractivity (Wildman–Crippen MR) is 128 cm³/mol. The van der Waals surface area contributed by atoms with Gasteiger partial charge in [-0.1, -0.05) is 82.7 Å². The molecule has 0 spiro atoms. The van der Waals surface area contributed by atoms with Crippen molar-refractivity contribution >= 4 is 27.0 Å². The highest BCUT2D eigenvalue weighted by molar-refractivity contribution is 9.10. The van der Waals surface area contributed by atoms with Gasteiger partial charge in [-0.2, -0.15) is 0 Å². The molecule has 0 aliphatic heterocycles. The lowest BCUT2D eigenvalue weighted by Gasteiger charge is -2.13. The smallest absolute Gasteiger partial charge is 0.0971 e. The van der Waals surface area contributed by atoms with Crippen molar-refractivity contribution in [3.63, 3.8) is 0 Å². The molecule has 5 rings (SSSR count). The van der Waals surface area contributed by atoms with Crippen molar-refractivity contribution < 1.29 is 0 Å². The molecular weight excluding hydrogens is 432 g/mol. The highest BCUT2D eigenvalue weighted by Crippen LogP contribution is 2.36. The minimum atomic E-state index is 0.913. The van der Waals surface area contributed by atoms with Gasteiger partial charge in [-0.3, -0.25) is 9.97 Å². The predicted octanol–water partition coefficient (Wildman–Crippen LogP) is 7.70. The molecule has 0 aliphatic carbocycles. The summed E-state index contributed by atoms with van der Waals surface area (Å²) in [6.07, 6.45) is 3.53. The van der Waals surface area contributed by atoms with Crippen LogP contribution in [-0.2, 0) is 0 Å². The van der Waals surface area contributed by atoms with Crippen LogP contribution in [0.5, 0.6) is 0 Å². The normalized spacial score (nSPS) is 11.0. The zero-order chi connectivity index (χ0) is 20.5. The fourth-order valence-corrected chi connectivity index (χ4v) is 4.31. The Morgan fingerprint density at radius 3 is 1.90 bits per heavy atom. The van der Waals surface area contributed by atoms with E-state index in [-0.39, 0.29) is 0 Å². The molecule has 3 heteroatoms. The van der Waals surface area contributed by atoms with Crippen molar-refractivity contribution in [1.82, 2.24) is 9.97 Å². The van der Waals surface area contributed by atoms with Crippen LogP contribution in [0.2, 0.25) is 0 Å². The van der Waals surface area contributed by atoms with Crippen molar-refractivity contribution in [1.29, 1.82) is 0 Å². The molecule has 1 aromatic heterocycles. The number of halogens is 1. The van der Waals surface area contributed by atoms with E-state index < -0.39 is 0 Å². The van der Waals surface area contributed by atoms with Crippen LogP contribution in [0.4, 0.5) is 0 Å². The van der Waals surface area contributed by atoms with Crippen molar-refractivity contribution in [2.24, 2.45) is 0 Å². The maximum absolute atomic E-state index is 4.72. The Balaban J connectivity index is 1.72. The van der Waals surface area contributed by atoms with E-state index in [1.165, 1.54) is 16.7 Å². The molecule has 0 saturated carbocycles. The monoisotopic (exact) mass is 450 g/mol. The van der Waals surface area contributed by atoms with Gasteiger partial charge in [-0.25, -0.2) is 0 Å². The van der Waals surface area contributed by atoms with Gasteiger partial charge in [0.2, 0.25) is 0 Å². The van der Waals surface area contributed by atoms with Crippen LogP contribution < -0.4 is 0 Å². The van der Waals surface area contributed by atoms with E-state index in [2.05, 4.69) is 89.6 Å². The van der Waals surface area contributed by atoms with Crippen LogP contribution in [0.15, 0.2) is 102 Å². The van der Waals surface area contributed by atoms with Crippen molar-refractivity contribution in [3.8, 4) is 33.4 Å². The maximum Gasteiger partial charge on any atom is 0.0971 e. The van der Waals surface area contributed by atoms with Crippen LogP contribution in [0, 0.1) is 6.92 Å². The summed E-state index contributed by atoms with van der Waals surface area (Å²) >= 11 is 3.58. The molecule has 30 heavy (non-hydrogen) atoms. The Kier molecular flexibility index (Phi) is 4.89. The third kappa shape index (κ3) is 3.53. The van der Waals surface area contributed by atoms with Crippen molar-refractivity contribution in [3.05, 3.63) is 107 Å². The van der Waals surface area contributed by atoms with E-state index in [1.54, 1.807) is 12.4 Å². The fraction of sp³-hybridized carbons (Fsp3) is 0.0370. The number of hydrogen-bond acceptors (Lipinski definition) is 2. The van der Waals surface area contributed by atoms with Crippen LogP contribution in [0.25, 0.3) is 44.4 Å². The summed E-state index contributed by atoms with van der Waals surface area (Å²) < 4.78 is 1.05. The van der Waals surface area contributed by atoms with Gasteiger partial charge in [0.25, 0.3) is 0 Å². The lowest BCUT2D eigenvalue weighted by atomic mass is 9.93. The second-order valence-corrected chi connectivity index (χ2v) is 8.29. The maximum atomic E-state index is 4.72. The Hall–Kier alpha value is -3.30. The average Bonchev–Trinajstić information content (AvgIpc) is 2.78. The summed E-state index contributed by atoms with van der Waals surface area (Å²) in [6, 6.07) is 29.8. The second kappa shape index (κ2) is 7.85. The first-order chi connectivity index (χ1) is 14.7. The van der Waals surface area contributed by atoms with Gasteiger partial charge in [0.15, 0.2) is 0 Å². The van der Waals surface area contributed by atoms with Gasteiger partial charge in [0.05, 0.1) is 11.0 Å². The van der Waals surface area contributed by atoms with Crippen molar-refractivity contribution in [2.45, 2.75) is 6.92 Å². The molecule has 5 aromatic rings. The standard InChI is InChI=1S/C27H19BrN2/c1-18-14-21(19-6-3-2-4-7-19)16-22(15-18)25-11-10-24(20-8-5-9-23(28)17-20)26-27(25)30-13-12-29-26/h2-17H,1H3. The summed E-state index contributed by atoms with van der Waals surface area (Å²) in [5.41, 5.74) is 9.92. The number of nitrogens with zero attached hydrogens (tertiary/aromatic N) is 2. The quantitative estimate of drug-likeness (QED) is 0.281. The van der Waals surface area contributed by atoms with E-state index in [4.69, 9.17) is 9.97 Å². The zero-order valence-electron chi connectivity index (χ0n) is 16.5. The SMILES string of the molecule is Cc1cc(-c2ccccc2)cc(-c2ccc(-c3cccc(Br)c3)c3nccnc23)c1. The van der Waals surface area contributed by atoms with Gasteiger partial charge in [-0.15, -0.1) is 0 Å². The van der Waals surface area contributed by atoms with Crippen molar-refractivity contribution in [2.75, 3.05) is 0 Å². The molecule has 1 heterocycles. The Bertz CT molecular complexity index is 1360. The first-order valence-corrected chi connectivity index (χ1v) is 10.7. The minimum Gasteiger partial charge on any atom is -0.252 e. The molecule has 0 saturated heterocycles. The molecule has 2 nitrogen and oxygen atoms in total. The summed E-state index contributed by atoms with van der Waals surface area (Å²) in [4.78, 5) is 9.42. The first-order valence-electron chi connectivity index (χ1n) is 9.86. The molecule has 0 aliphatic rings. The molecule has 0 bridgehead atoms. The topological polar surface area (TPSA) is 25.8 Å². The van der Waals surface area contributed by atoms with E-state index in [0.717, 1.165) is 37.8 Å². The van der Waals surface area contributed by atoms with Gasteiger partial charge in [0, 0.05) is 28.0 Å². The first kappa shape index (κ1) is 18.7. The van der Waals surface area contributed by atoms with E-state index in [9.17, 15) is 0 Å². The minimum absolute atomic E-state index is 0.913. The summed E-state index contributed by atoms with van der Waals surface area (Å²) in [7, 11) is 0. The summed E-state index contributed by atoms with van der Waals surface area (Å²) in [5, 5.41) is 0. The number of fused-ring (bicyclic) bond motifs is 1. The zero-order valence-corrected chi connectivity index (χ0v) is 18.1. The Morgan fingerprint density at radius 2 is 1.20 bits per heavy atom. The number of benzene rings is 4. The third-order valence-electron chi connectivity index (χ3n) is 5.26. The lowest BCUT2D eigenvalue weighted by Crippen LogP contribution is -1.92. The molecule has 144 valence electrons. The Morgan fingerprint density at radius 1 is 0.567 bits per heavy atom. The van der Waals surface area contributed by atoms with E-state index in [0.29, 0.717) is 0 Å². The molecule has 0 unspecified atom stereocenters. The number of rotatable bonds is 3. The molecule has 0 atom stereocenters. The number of hydrogen-bond donors (Lipinski definition) is 0.